The lowest BCUT2D eigenvalue weighted by atomic mass is 9.95. The summed E-state index contributed by atoms with van der Waals surface area (Å²) in [7, 11) is 2.28. The average molecular weight is 240 g/mol. The van der Waals surface area contributed by atoms with Crippen LogP contribution in [0.5, 0.6) is 0 Å². The molecule has 0 bridgehead atoms. The highest BCUT2D eigenvalue weighted by Crippen LogP contribution is 2.17. The molecule has 17 heavy (non-hydrogen) atoms. The second kappa shape index (κ2) is 8.10. The highest BCUT2D eigenvalue weighted by Gasteiger charge is 2.18. The van der Waals surface area contributed by atoms with E-state index in [1.165, 1.54) is 44.9 Å². The summed E-state index contributed by atoms with van der Waals surface area (Å²) in [5.74, 6) is 0. The minimum absolute atomic E-state index is 0.654. The molecule has 0 heterocycles. The number of likely N-dealkylation sites (N-methyl/N-ethyl adjacent to an activating group) is 1. The number of hydrogen-bond donors (Lipinski definition) is 1. The van der Waals surface area contributed by atoms with E-state index in [0.29, 0.717) is 6.04 Å². The predicted molar refractivity (Wildman–Crippen MR) is 76.5 cm³/mol. The highest BCUT2D eigenvalue weighted by molar-refractivity contribution is 4.77. The molecule has 1 N–H and O–H groups in total. The predicted octanol–water partition coefficient (Wildman–Crippen LogP) is 3.42. The van der Waals surface area contributed by atoms with Crippen molar-refractivity contribution in [2.24, 2.45) is 0 Å². The second-order valence-corrected chi connectivity index (χ2v) is 5.73. The number of rotatable bonds is 7. The summed E-state index contributed by atoms with van der Waals surface area (Å²) in [6.45, 7) is 8.10. The highest BCUT2D eigenvalue weighted by atomic mass is 15.2. The molecule has 0 aromatic carbocycles. The van der Waals surface area contributed by atoms with Gasteiger partial charge in [0.1, 0.15) is 0 Å². The fourth-order valence-electron chi connectivity index (χ4n) is 3.01. The van der Waals surface area contributed by atoms with Crippen LogP contribution in [0, 0.1) is 0 Å². The quantitative estimate of drug-likeness (QED) is 0.733. The third-order valence-corrected chi connectivity index (χ3v) is 4.52. The maximum Gasteiger partial charge on any atom is 0.0192 e. The van der Waals surface area contributed by atoms with Gasteiger partial charge in [-0.1, -0.05) is 33.1 Å². The summed E-state index contributed by atoms with van der Waals surface area (Å²) >= 11 is 0. The van der Waals surface area contributed by atoms with Crippen molar-refractivity contribution < 1.29 is 0 Å². The van der Waals surface area contributed by atoms with E-state index < -0.39 is 0 Å². The number of hydrogen-bond acceptors (Lipinski definition) is 2. The maximum atomic E-state index is 3.76. The summed E-state index contributed by atoms with van der Waals surface area (Å²) in [4.78, 5) is 2.55. The Balaban J connectivity index is 2.24. The van der Waals surface area contributed by atoms with Gasteiger partial charge in [0.25, 0.3) is 0 Å². The lowest BCUT2D eigenvalue weighted by Crippen LogP contribution is -2.46. The lowest BCUT2D eigenvalue weighted by molar-refractivity contribution is 0.165. The van der Waals surface area contributed by atoms with Gasteiger partial charge in [0.15, 0.2) is 0 Å². The third kappa shape index (κ3) is 4.97. The summed E-state index contributed by atoms with van der Waals surface area (Å²) in [5, 5.41) is 3.76. The summed E-state index contributed by atoms with van der Waals surface area (Å²) in [5.41, 5.74) is 0. The van der Waals surface area contributed by atoms with Crippen LogP contribution in [0.2, 0.25) is 0 Å². The van der Waals surface area contributed by atoms with E-state index in [4.69, 9.17) is 0 Å². The molecular formula is C15H32N2. The molecule has 1 fully saturated rings. The van der Waals surface area contributed by atoms with Gasteiger partial charge in [-0.2, -0.15) is 0 Å². The molecule has 1 aliphatic rings. The standard InChI is InChI=1S/C15H32N2/c1-5-15(6-2)17(4)13(3)12-16-14-10-8-7-9-11-14/h13-16H,5-12H2,1-4H3. The maximum absolute atomic E-state index is 3.76. The first-order valence-corrected chi connectivity index (χ1v) is 7.64. The van der Waals surface area contributed by atoms with E-state index in [1.807, 2.05) is 0 Å². The van der Waals surface area contributed by atoms with Gasteiger partial charge in [-0.25, -0.2) is 0 Å². The Kier molecular flexibility index (Phi) is 7.14. The van der Waals surface area contributed by atoms with Gasteiger partial charge in [-0.15, -0.1) is 0 Å². The molecule has 0 saturated heterocycles. The van der Waals surface area contributed by atoms with Crippen LogP contribution in [-0.2, 0) is 0 Å². The van der Waals surface area contributed by atoms with Crippen LogP contribution in [0.15, 0.2) is 0 Å². The van der Waals surface area contributed by atoms with Crippen molar-refractivity contribution in [3.63, 3.8) is 0 Å². The number of nitrogens with one attached hydrogen (secondary N) is 1. The summed E-state index contributed by atoms with van der Waals surface area (Å²) < 4.78 is 0. The zero-order valence-corrected chi connectivity index (χ0v) is 12.3. The first-order valence-electron chi connectivity index (χ1n) is 7.64. The lowest BCUT2D eigenvalue weighted by Gasteiger charge is -2.33. The topological polar surface area (TPSA) is 15.3 Å². The molecule has 2 heteroatoms. The van der Waals surface area contributed by atoms with E-state index in [1.54, 1.807) is 0 Å². The van der Waals surface area contributed by atoms with E-state index >= 15 is 0 Å². The SMILES string of the molecule is CCC(CC)N(C)C(C)CNC1CCCCC1. The molecule has 0 aliphatic heterocycles. The van der Waals surface area contributed by atoms with Crippen LogP contribution in [0.4, 0.5) is 0 Å². The fourth-order valence-corrected chi connectivity index (χ4v) is 3.01. The normalized spacial score (nSPS) is 20.1. The first kappa shape index (κ1) is 15.0. The Hall–Kier alpha value is -0.0800. The van der Waals surface area contributed by atoms with Crippen LogP contribution < -0.4 is 5.32 Å². The zero-order chi connectivity index (χ0) is 12.7. The van der Waals surface area contributed by atoms with Gasteiger partial charge in [0.2, 0.25) is 0 Å². The molecule has 0 aromatic rings. The molecule has 0 spiro atoms. The molecule has 1 unspecified atom stereocenters. The Labute approximate surface area is 108 Å². The Morgan fingerprint density at radius 2 is 1.71 bits per heavy atom. The molecule has 102 valence electrons. The molecule has 0 aromatic heterocycles. The molecule has 0 radical (unpaired) electrons. The monoisotopic (exact) mass is 240 g/mol. The molecule has 1 rings (SSSR count). The van der Waals surface area contributed by atoms with Gasteiger partial charge >= 0.3 is 0 Å². The van der Waals surface area contributed by atoms with Gasteiger partial charge in [-0.3, -0.25) is 4.90 Å². The molecule has 2 nitrogen and oxygen atoms in total. The second-order valence-electron chi connectivity index (χ2n) is 5.73. The fraction of sp³-hybridized carbons (Fsp3) is 1.00. The van der Waals surface area contributed by atoms with E-state index in [2.05, 4.69) is 38.0 Å². The Bertz CT molecular complexity index is 183. The smallest absolute Gasteiger partial charge is 0.0192 e. The minimum Gasteiger partial charge on any atom is -0.312 e. The summed E-state index contributed by atoms with van der Waals surface area (Å²) in [6, 6.07) is 2.20. The molecule has 1 aliphatic carbocycles. The molecular weight excluding hydrogens is 208 g/mol. The first-order chi connectivity index (χ1) is 8.19. The van der Waals surface area contributed by atoms with Gasteiger partial charge < -0.3 is 5.32 Å². The Morgan fingerprint density at radius 1 is 1.12 bits per heavy atom. The largest absolute Gasteiger partial charge is 0.312 e. The van der Waals surface area contributed by atoms with Gasteiger partial charge in [0, 0.05) is 24.7 Å². The van der Waals surface area contributed by atoms with Crippen molar-refractivity contribution in [2.75, 3.05) is 13.6 Å². The zero-order valence-electron chi connectivity index (χ0n) is 12.3. The van der Waals surface area contributed by atoms with Crippen molar-refractivity contribution in [1.29, 1.82) is 0 Å². The van der Waals surface area contributed by atoms with Crippen molar-refractivity contribution in [1.82, 2.24) is 10.2 Å². The van der Waals surface area contributed by atoms with Crippen molar-refractivity contribution in [3.05, 3.63) is 0 Å². The van der Waals surface area contributed by atoms with Crippen LogP contribution in [0.25, 0.3) is 0 Å². The van der Waals surface area contributed by atoms with Crippen molar-refractivity contribution >= 4 is 0 Å². The van der Waals surface area contributed by atoms with Crippen LogP contribution in [-0.4, -0.2) is 36.6 Å². The molecule has 0 amide bonds. The molecule has 1 atom stereocenters. The minimum atomic E-state index is 0.654. The van der Waals surface area contributed by atoms with Crippen LogP contribution in [0.1, 0.15) is 65.7 Å². The third-order valence-electron chi connectivity index (χ3n) is 4.52. The van der Waals surface area contributed by atoms with E-state index in [-0.39, 0.29) is 0 Å². The van der Waals surface area contributed by atoms with Crippen LogP contribution >= 0.6 is 0 Å². The van der Waals surface area contributed by atoms with Crippen molar-refractivity contribution in [3.8, 4) is 0 Å². The van der Waals surface area contributed by atoms with Gasteiger partial charge in [-0.05, 0) is 39.7 Å². The van der Waals surface area contributed by atoms with Crippen LogP contribution in [0.3, 0.4) is 0 Å². The summed E-state index contributed by atoms with van der Waals surface area (Å²) in [6.07, 6.45) is 9.61. The van der Waals surface area contributed by atoms with Gasteiger partial charge in [0.05, 0.1) is 0 Å². The average Bonchev–Trinajstić information content (AvgIpc) is 2.38. The van der Waals surface area contributed by atoms with E-state index in [0.717, 1.165) is 18.6 Å². The molecule has 1 saturated carbocycles. The van der Waals surface area contributed by atoms with Crippen molar-refractivity contribution in [2.45, 2.75) is 83.8 Å². The van der Waals surface area contributed by atoms with E-state index in [9.17, 15) is 0 Å². The Morgan fingerprint density at radius 3 is 2.24 bits per heavy atom. The number of nitrogens with zero attached hydrogens (tertiary/aromatic N) is 1.